The van der Waals surface area contributed by atoms with Crippen LogP contribution < -0.4 is 10.1 Å². The number of hydrogen-bond acceptors (Lipinski definition) is 4. The third-order valence-corrected chi connectivity index (χ3v) is 3.64. The van der Waals surface area contributed by atoms with Crippen LogP contribution in [0.5, 0.6) is 5.75 Å². The molecule has 2 aromatic rings. The molecule has 1 aromatic heterocycles. The Morgan fingerprint density at radius 3 is 2.70 bits per heavy atom. The molecule has 2 N–H and O–H groups in total. The molecule has 0 aliphatic carbocycles. The van der Waals surface area contributed by atoms with E-state index in [2.05, 4.69) is 10.3 Å². The molecule has 5 nitrogen and oxygen atoms in total. The summed E-state index contributed by atoms with van der Waals surface area (Å²) in [5.74, 6) is 0.516. The molecule has 2 rings (SSSR count). The van der Waals surface area contributed by atoms with Gasteiger partial charge in [0.2, 0.25) is 0 Å². The SMILES string of the molecule is COc1ccc(C(=O)NCC(O)C(C)C)cc1-c1ccccn1. The van der Waals surface area contributed by atoms with Crippen molar-refractivity contribution in [3.05, 3.63) is 48.2 Å². The van der Waals surface area contributed by atoms with Crippen molar-refractivity contribution in [2.75, 3.05) is 13.7 Å². The number of aliphatic hydroxyl groups is 1. The van der Waals surface area contributed by atoms with E-state index in [1.807, 2.05) is 32.0 Å². The highest BCUT2D eigenvalue weighted by Gasteiger charge is 2.14. The van der Waals surface area contributed by atoms with Crippen LogP contribution >= 0.6 is 0 Å². The van der Waals surface area contributed by atoms with E-state index in [0.29, 0.717) is 11.3 Å². The standard InChI is InChI=1S/C18H22N2O3/c1-12(2)16(21)11-20-18(22)13-7-8-17(23-3)14(10-13)15-6-4-5-9-19-15/h4-10,12,16,21H,11H2,1-3H3,(H,20,22). The van der Waals surface area contributed by atoms with Crippen molar-refractivity contribution in [3.8, 4) is 17.0 Å². The first kappa shape index (κ1) is 17.0. The fourth-order valence-electron chi connectivity index (χ4n) is 2.11. The number of rotatable bonds is 6. The summed E-state index contributed by atoms with van der Waals surface area (Å²) in [6.45, 7) is 4.04. The number of carbonyl (C=O) groups is 1. The number of methoxy groups -OCH3 is 1. The molecule has 5 heteroatoms. The lowest BCUT2D eigenvalue weighted by Crippen LogP contribution is -2.34. The van der Waals surface area contributed by atoms with Gasteiger partial charge >= 0.3 is 0 Å². The molecule has 0 saturated carbocycles. The van der Waals surface area contributed by atoms with Crippen LogP contribution in [0.1, 0.15) is 24.2 Å². The monoisotopic (exact) mass is 314 g/mol. The molecule has 0 fully saturated rings. The average Bonchev–Trinajstić information content (AvgIpc) is 2.59. The molecule has 23 heavy (non-hydrogen) atoms. The van der Waals surface area contributed by atoms with E-state index in [4.69, 9.17) is 4.74 Å². The number of ether oxygens (including phenoxy) is 1. The molecule has 1 heterocycles. The van der Waals surface area contributed by atoms with Gasteiger partial charge in [-0.25, -0.2) is 0 Å². The average molecular weight is 314 g/mol. The van der Waals surface area contributed by atoms with Gasteiger partial charge in [-0.2, -0.15) is 0 Å². The van der Waals surface area contributed by atoms with Crippen LogP contribution in [0.15, 0.2) is 42.6 Å². The van der Waals surface area contributed by atoms with E-state index >= 15 is 0 Å². The first-order valence-corrected chi connectivity index (χ1v) is 7.58. The van der Waals surface area contributed by atoms with Gasteiger partial charge in [-0.05, 0) is 36.2 Å². The quantitative estimate of drug-likeness (QED) is 0.859. The third kappa shape index (κ3) is 4.29. The van der Waals surface area contributed by atoms with Gasteiger partial charge in [0, 0.05) is 23.9 Å². The van der Waals surface area contributed by atoms with Crippen LogP contribution in [-0.2, 0) is 0 Å². The zero-order valence-corrected chi connectivity index (χ0v) is 13.6. The third-order valence-electron chi connectivity index (χ3n) is 3.64. The minimum Gasteiger partial charge on any atom is -0.496 e. The van der Waals surface area contributed by atoms with E-state index in [-0.39, 0.29) is 18.4 Å². The minimum absolute atomic E-state index is 0.0928. The lowest BCUT2D eigenvalue weighted by molar-refractivity contribution is 0.0871. The maximum Gasteiger partial charge on any atom is 0.251 e. The Kier molecular flexibility index (Phi) is 5.71. The van der Waals surface area contributed by atoms with E-state index in [1.165, 1.54) is 0 Å². The molecule has 122 valence electrons. The van der Waals surface area contributed by atoms with Crippen molar-refractivity contribution < 1.29 is 14.6 Å². The Balaban J connectivity index is 2.22. The van der Waals surface area contributed by atoms with Crippen LogP contribution in [0.2, 0.25) is 0 Å². The van der Waals surface area contributed by atoms with Gasteiger partial charge in [-0.1, -0.05) is 19.9 Å². The molecule has 0 radical (unpaired) electrons. The first-order valence-electron chi connectivity index (χ1n) is 7.58. The van der Waals surface area contributed by atoms with Gasteiger partial charge in [0.1, 0.15) is 5.75 Å². The number of carbonyl (C=O) groups excluding carboxylic acids is 1. The van der Waals surface area contributed by atoms with Crippen molar-refractivity contribution in [2.24, 2.45) is 5.92 Å². The first-order chi connectivity index (χ1) is 11.0. The Hall–Kier alpha value is -2.40. The maximum absolute atomic E-state index is 12.3. The predicted octanol–water partition coefficient (Wildman–Crippen LogP) is 2.50. The van der Waals surface area contributed by atoms with Crippen LogP contribution in [0, 0.1) is 5.92 Å². The van der Waals surface area contributed by atoms with Gasteiger partial charge in [0.25, 0.3) is 5.91 Å². The molecule has 0 aliphatic heterocycles. The summed E-state index contributed by atoms with van der Waals surface area (Å²) in [7, 11) is 1.58. The van der Waals surface area contributed by atoms with Gasteiger partial charge in [0.15, 0.2) is 0 Å². The van der Waals surface area contributed by atoms with Gasteiger partial charge < -0.3 is 15.2 Å². The zero-order chi connectivity index (χ0) is 16.8. The van der Waals surface area contributed by atoms with E-state index in [0.717, 1.165) is 11.3 Å². The van der Waals surface area contributed by atoms with Crippen molar-refractivity contribution >= 4 is 5.91 Å². The van der Waals surface area contributed by atoms with E-state index in [9.17, 15) is 9.90 Å². The van der Waals surface area contributed by atoms with Crippen LogP contribution in [0.4, 0.5) is 0 Å². The Bertz CT molecular complexity index is 657. The summed E-state index contributed by atoms with van der Waals surface area (Å²) in [6, 6.07) is 10.8. The topological polar surface area (TPSA) is 71.5 Å². The number of benzene rings is 1. The van der Waals surface area contributed by atoms with Crippen LogP contribution in [0.3, 0.4) is 0 Å². The molecular weight excluding hydrogens is 292 g/mol. The molecule has 0 aliphatic rings. The lowest BCUT2D eigenvalue weighted by Gasteiger charge is -2.15. The van der Waals surface area contributed by atoms with Crippen LogP contribution in [-0.4, -0.2) is 35.8 Å². The highest BCUT2D eigenvalue weighted by molar-refractivity contribution is 5.96. The van der Waals surface area contributed by atoms with Crippen molar-refractivity contribution in [3.63, 3.8) is 0 Å². The van der Waals surface area contributed by atoms with Gasteiger partial charge in [-0.3, -0.25) is 9.78 Å². The van der Waals surface area contributed by atoms with E-state index in [1.54, 1.807) is 31.5 Å². The number of nitrogens with one attached hydrogen (secondary N) is 1. The number of aromatic nitrogens is 1. The fraction of sp³-hybridized carbons (Fsp3) is 0.333. The second-order valence-electron chi connectivity index (χ2n) is 5.65. The van der Waals surface area contributed by atoms with Gasteiger partial charge in [0.05, 0.1) is 18.9 Å². The number of aliphatic hydroxyl groups excluding tert-OH is 1. The highest BCUT2D eigenvalue weighted by atomic mass is 16.5. The molecule has 1 atom stereocenters. The zero-order valence-electron chi connectivity index (χ0n) is 13.6. The number of hydrogen-bond donors (Lipinski definition) is 2. The molecule has 1 unspecified atom stereocenters. The van der Waals surface area contributed by atoms with Crippen LogP contribution in [0.25, 0.3) is 11.3 Å². The smallest absolute Gasteiger partial charge is 0.251 e. The Labute approximate surface area is 136 Å². The van der Waals surface area contributed by atoms with Crippen molar-refractivity contribution in [1.82, 2.24) is 10.3 Å². The van der Waals surface area contributed by atoms with E-state index < -0.39 is 6.10 Å². The molecule has 0 spiro atoms. The summed E-state index contributed by atoms with van der Waals surface area (Å²) < 4.78 is 5.35. The molecular formula is C18H22N2O3. The molecule has 1 aromatic carbocycles. The molecule has 0 bridgehead atoms. The number of amides is 1. The summed E-state index contributed by atoms with van der Waals surface area (Å²) >= 11 is 0. The largest absolute Gasteiger partial charge is 0.496 e. The number of pyridine rings is 1. The lowest BCUT2D eigenvalue weighted by atomic mass is 10.0. The second kappa shape index (κ2) is 7.74. The molecule has 0 saturated heterocycles. The maximum atomic E-state index is 12.3. The fourth-order valence-corrected chi connectivity index (χ4v) is 2.11. The summed E-state index contributed by atoms with van der Waals surface area (Å²) in [4.78, 5) is 16.6. The predicted molar refractivity (Wildman–Crippen MR) is 89.4 cm³/mol. The van der Waals surface area contributed by atoms with Crippen molar-refractivity contribution in [1.29, 1.82) is 0 Å². The summed E-state index contributed by atoms with van der Waals surface area (Å²) in [6.07, 6.45) is 1.13. The van der Waals surface area contributed by atoms with Crippen molar-refractivity contribution in [2.45, 2.75) is 20.0 Å². The Morgan fingerprint density at radius 1 is 1.30 bits per heavy atom. The van der Waals surface area contributed by atoms with Gasteiger partial charge in [-0.15, -0.1) is 0 Å². The highest BCUT2D eigenvalue weighted by Crippen LogP contribution is 2.29. The summed E-state index contributed by atoms with van der Waals surface area (Å²) in [5, 5.41) is 12.5. The minimum atomic E-state index is -0.563. The second-order valence-corrected chi connectivity index (χ2v) is 5.65. The number of nitrogens with zero attached hydrogens (tertiary/aromatic N) is 1. The Morgan fingerprint density at radius 2 is 2.09 bits per heavy atom. The normalized spacial score (nSPS) is 12.0. The molecule has 1 amide bonds. The summed E-state index contributed by atoms with van der Waals surface area (Å²) in [5.41, 5.74) is 1.99.